The highest BCUT2D eigenvalue weighted by atomic mass is 32.2. The normalized spacial score (nSPS) is 21.0. The average molecular weight is 302 g/mol. The molecule has 112 valence electrons. The molecule has 1 aliphatic heterocycles. The van der Waals surface area contributed by atoms with E-state index in [9.17, 15) is 12.8 Å². The Kier molecular flexibility index (Phi) is 5.09. The van der Waals surface area contributed by atoms with Crippen molar-refractivity contribution in [2.75, 3.05) is 19.7 Å². The summed E-state index contributed by atoms with van der Waals surface area (Å²) in [5.41, 5.74) is 0.573. The van der Waals surface area contributed by atoms with E-state index >= 15 is 0 Å². The average Bonchev–Trinajstić information content (AvgIpc) is 2.45. The Morgan fingerprint density at radius 3 is 2.95 bits per heavy atom. The largest absolute Gasteiger partial charge is 0.396 e. The summed E-state index contributed by atoms with van der Waals surface area (Å²) in [4.78, 5) is 0. The van der Waals surface area contributed by atoms with Crippen LogP contribution in [-0.4, -0.2) is 37.5 Å². The van der Waals surface area contributed by atoms with Crippen LogP contribution in [0, 0.1) is 11.7 Å². The molecule has 0 amide bonds. The molecule has 7 heteroatoms. The third-order valence-corrected chi connectivity index (χ3v) is 4.95. The summed E-state index contributed by atoms with van der Waals surface area (Å²) in [6, 6.07) is 5.82. The van der Waals surface area contributed by atoms with Gasteiger partial charge in [0.05, 0.1) is 0 Å². The van der Waals surface area contributed by atoms with E-state index in [1.807, 2.05) is 0 Å². The number of halogens is 1. The highest BCUT2D eigenvalue weighted by Gasteiger charge is 2.28. The first kappa shape index (κ1) is 15.4. The monoisotopic (exact) mass is 302 g/mol. The lowest BCUT2D eigenvalue weighted by Crippen LogP contribution is -2.46. The molecular weight excluding hydrogens is 283 g/mol. The van der Waals surface area contributed by atoms with Gasteiger partial charge in [0.25, 0.3) is 10.2 Å². The van der Waals surface area contributed by atoms with Crippen molar-refractivity contribution >= 4 is 10.2 Å². The molecule has 0 saturated carbocycles. The molecule has 1 unspecified atom stereocenters. The molecule has 0 radical (unpaired) electrons. The number of nitrogens with zero attached hydrogens (tertiary/aromatic N) is 1. The second kappa shape index (κ2) is 6.62. The fraction of sp³-hybridized carbons (Fsp3) is 0.538. The number of aliphatic hydroxyl groups is 1. The topological polar surface area (TPSA) is 69.6 Å². The van der Waals surface area contributed by atoms with Gasteiger partial charge in [0, 0.05) is 26.2 Å². The summed E-state index contributed by atoms with van der Waals surface area (Å²) in [6.07, 6.45) is 1.58. The van der Waals surface area contributed by atoms with Gasteiger partial charge in [0.15, 0.2) is 0 Å². The predicted molar refractivity (Wildman–Crippen MR) is 73.5 cm³/mol. The number of hydrogen-bond donors (Lipinski definition) is 2. The summed E-state index contributed by atoms with van der Waals surface area (Å²) in [6.45, 7) is 0.834. The molecule has 20 heavy (non-hydrogen) atoms. The fourth-order valence-corrected chi connectivity index (χ4v) is 3.62. The summed E-state index contributed by atoms with van der Waals surface area (Å²) in [7, 11) is -3.59. The van der Waals surface area contributed by atoms with Gasteiger partial charge >= 0.3 is 0 Å². The molecule has 1 saturated heterocycles. The van der Waals surface area contributed by atoms with Gasteiger partial charge in [-0.2, -0.15) is 17.4 Å². The number of hydrogen-bond acceptors (Lipinski definition) is 3. The van der Waals surface area contributed by atoms with E-state index in [0.717, 1.165) is 12.8 Å². The summed E-state index contributed by atoms with van der Waals surface area (Å²) in [5.74, 6) is -0.394. The van der Waals surface area contributed by atoms with E-state index in [2.05, 4.69) is 4.72 Å². The van der Waals surface area contributed by atoms with Gasteiger partial charge in [-0.1, -0.05) is 12.1 Å². The van der Waals surface area contributed by atoms with Crippen LogP contribution in [-0.2, 0) is 16.8 Å². The smallest absolute Gasteiger partial charge is 0.279 e. The van der Waals surface area contributed by atoms with Crippen molar-refractivity contribution in [1.82, 2.24) is 9.03 Å². The molecule has 2 rings (SSSR count). The predicted octanol–water partition coefficient (Wildman–Crippen LogP) is 0.864. The van der Waals surface area contributed by atoms with Crippen LogP contribution >= 0.6 is 0 Å². The first-order valence-corrected chi connectivity index (χ1v) is 8.05. The van der Waals surface area contributed by atoms with Gasteiger partial charge in [-0.3, -0.25) is 0 Å². The lowest BCUT2D eigenvalue weighted by atomic mass is 10.0. The van der Waals surface area contributed by atoms with Crippen molar-refractivity contribution in [2.45, 2.75) is 19.4 Å². The Hall–Kier alpha value is -1.02. The van der Waals surface area contributed by atoms with Crippen molar-refractivity contribution in [1.29, 1.82) is 0 Å². The highest BCUT2D eigenvalue weighted by Crippen LogP contribution is 2.18. The maximum absolute atomic E-state index is 13.0. The quantitative estimate of drug-likeness (QED) is 0.848. The van der Waals surface area contributed by atoms with Crippen LogP contribution < -0.4 is 4.72 Å². The second-order valence-corrected chi connectivity index (χ2v) is 6.76. The van der Waals surface area contributed by atoms with Gasteiger partial charge in [0.2, 0.25) is 0 Å². The van der Waals surface area contributed by atoms with Crippen molar-refractivity contribution in [3.05, 3.63) is 35.6 Å². The van der Waals surface area contributed by atoms with Crippen molar-refractivity contribution in [2.24, 2.45) is 5.92 Å². The molecule has 1 fully saturated rings. The molecule has 5 nitrogen and oxygen atoms in total. The Labute approximate surface area is 118 Å². The summed E-state index contributed by atoms with van der Waals surface area (Å²) < 4.78 is 41.1. The third-order valence-electron chi connectivity index (χ3n) is 3.43. The number of piperidine rings is 1. The van der Waals surface area contributed by atoms with E-state index in [-0.39, 0.29) is 24.9 Å². The molecular formula is C13H19FN2O3S. The van der Waals surface area contributed by atoms with Crippen LogP contribution in [0.15, 0.2) is 24.3 Å². The van der Waals surface area contributed by atoms with Gasteiger partial charge in [-0.25, -0.2) is 4.39 Å². The summed E-state index contributed by atoms with van der Waals surface area (Å²) in [5, 5.41) is 9.13. The molecule has 0 bridgehead atoms. The van der Waals surface area contributed by atoms with E-state index in [4.69, 9.17) is 5.11 Å². The zero-order valence-electron chi connectivity index (χ0n) is 11.1. The Bertz CT molecular complexity index is 550. The minimum atomic E-state index is -3.59. The first-order chi connectivity index (χ1) is 9.51. The maximum atomic E-state index is 13.0. The lowest BCUT2D eigenvalue weighted by Gasteiger charge is -2.30. The maximum Gasteiger partial charge on any atom is 0.279 e. The molecule has 2 N–H and O–H groups in total. The number of nitrogens with one attached hydrogen (secondary N) is 1. The number of rotatable bonds is 5. The molecule has 1 aromatic rings. The van der Waals surface area contributed by atoms with E-state index in [1.54, 1.807) is 12.1 Å². The van der Waals surface area contributed by atoms with E-state index < -0.39 is 10.2 Å². The van der Waals surface area contributed by atoms with Gasteiger partial charge < -0.3 is 5.11 Å². The van der Waals surface area contributed by atoms with Crippen LogP contribution in [0.5, 0.6) is 0 Å². The van der Waals surface area contributed by atoms with Crippen molar-refractivity contribution in [3.8, 4) is 0 Å². The second-order valence-electron chi connectivity index (χ2n) is 5.00. The molecule has 1 aromatic carbocycles. The first-order valence-electron chi connectivity index (χ1n) is 6.61. The third kappa shape index (κ3) is 3.99. The molecule has 1 heterocycles. The lowest BCUT2D eigenvalue weighted by molar-refractivity contribution is 0.164. The Balaban J connectivity index is 1.97. The summed E-state index contributed by atoms with van der Waals surface area (Å²) >= 11 is 0. The van der Waals surface area contributed by atoms with Crippen LogP contribution in [0.2, 0.25) is 0 Å². The SMILES string of the molecule is O=S(=O)(NCc1cccc(F)c1)N1CCCC(CO)C1. The Morgan fingerprint density at radius 1 is 1.45 bits per heavy atom. The highest BCUT2D eigenvalue weighted by molar-refractivity contribution is 7.87. The Morgan fingerprint density at radius 2 is 2.25 bits per heavy atom. The zero-order valence-corrected chi connectivity index (χ0v) is 11.9. The minimum Gasteiger partial charge on any atom is -0.396 e. The van der Waals surface area contributed by atoms with Crippen LogP contribution in [0.1, 0.15) is 18.4 Å². The zero-order chi connectivity index (χ0) is 14.6. The van der Waals surface area contributed by atoms with Crippen molar-refractivity contribution in [3.63, 3.8) is 0 Å². The van der Waals surface area contributed by atoms with Gasteiger partial charge in [-0.15, -0.1) is 0 Å². The van der Waals surface area contributed by atoms with Gasteiger partial charge in [0.1, 0.15) is 5.82 Å². The molecule has 0 spiro atoms. The van der Waals surface area contributed by atoms with Gasteiger partial charge in [-0.05, 0) is 36.5 Å². The standard InChI is InChI=1S/C13H19FN2O3S/c14-13-5-1-3-11(7-13)8-15-20(18,19)16-6-2-4-12(9-16)10-17/h1,3,5,7,12,15,17H,2,4,6,8-10H2. The molecule has 1 atom stereocenters. The molecule has 0 aromatic heterocycles. The number of aliphatic hydroxyl groups excluding tert-OH is 1. The number of benzene rings is 1. The van der Waals surface area contributed by atoms with Crippen LogP contribution in [0.25, 0.3) is 0 Å². The van der Waals surface area contributed by atoms with E-state index in [1.165, 1.54) is 16.4 Å². The molecule has 0 aliphatic carbocycles. The van der Waals surface area contributed by atoms with Crippen LogP contribution in [0.3, 0.4) is 0 Å². The fourth-order valence-electron chi connectivity index (χ4n) is 2.31. The molecule has 1 aliphatic rings. The van der Waals surface area contributed by atoms with Crippen LogP contribution in [0.4, 0.5) is 4.39 Å². The minimum absolute atomic E-state index is 0.00405. The van der Waals surface area contributed by atoms with E-state index in [0.29, 0.717) is 18.7 Å². The van der Waals surface area contributed by atoms with Crippen molar-refractivity contribution < 1.29 is 17.9 Å².